The van der Waals surface area contributed by atoms with E-state index < -0.39 is 0 Å². The second-order valence-corrected chi connectivity index (χ2v) is 5.04. The summed E-state index contributed by atoms with van der Waals surface area (Å²) >= 11 is 6.10. The van der Waals surface area contributed by atoms with Crippen LogP contribution in [0, 0.1) is 0 Å². The molecule has 1 N–H and O–H groups in total. The van der Waals surface area contributed by atoms with Crippen LogP contribution in [0.1, 0.15) is 25.3 Å². The predicted octanol–water partition coefficient (Wildman–Crippen LogP) is 1.50. The highest BCUT2D eigenvalue weighted by molar-refractivity contribution is 6.37. The Morgan fingerprint density at radius 2 is 2.00 bits per heavy atom. The SMILES string of the molecule is CNc1c(Cl)ccc([SiH3])c1C(C)C. The van der Waals surface area contributed by atoms with Crippen LogP contribution in [0.5, 0.6) is 0 Å². The van der Waals surface area contributed by atoms with Gasteiger partial charge in [0.2, 0.25) is 0 Å². The van der Waals surface area contributed by atoms with Crippen LogP contribution in [0.25, 0.3) is 0 Å². The molecule has 1 nitrogen and oxygen atoms in total. The Hall–Kier alpha value is -0.473. The van der Waals surface area contributed by atoms with Gasteiger partial charge < -0.3 is 5.32 Å². The van der Waals surface area contributed by atoms with Crippen LogP contribution in [0.3, 0.4) is 0 Å². The van der Waals surface area contributed by atoms with Crippen molar-refractivity contribution in [3.05, 3.63) is 22.7 Å². The molecule has 0 aliphatic carbocycles. The predicted molar refractivity (Wildman–Crippen MR) is 64.7 cm³/mol. The normalized spacial score (nSPS) is 10.8. The van der Waals surface area contributed by atoms with Gasteiger partial charge in [0.15, 0.2) is 0 Å². The van der Waals surface area contributed by atoms with Gasteiger partial charge in [0, 0.05) is 17.3 Å². The van der Waals surface area contributed by atoms with E-state index in [1.807, 2.05) is 13.1 Å². The van der Waals surface area contributed by atoms with E-state index in [9.17, 15) is 0 Å². The molecule has 0 heterocycles. The minimum atomic E-state index is 0.536. The Morgan fingerprint density at radius 3 is 2.38 bits per heavy atom. The van der Waals surface area contributed by atoms with Crippen molar-refractivity contribution in [2.24, 2.45) is 0 Å². The summed E-state index contributed by atoms with van der Waals surface area (Å²) in [5, 5.41) is 5.44. The molecule has 0 saturated heterocycles. The summed E-state index contributed by atoms with van der Waals surface area (Å²) in [5.41, 5.74) is 2.48. The van der Waals surface area contributed by atoms with Crippen LogP contribution < -0.4 is 10.5 Å². The number of benzene rings is 1. The van der Waals surface area contributed by atoms with Gasteiger partial charge in [-0.25, -0.2) is 0 Å². The Kier molecular flexibility index (Phi) is 3.39. The average molecular weight is 214 g/mol. The molecule has 0 spiro atoms. The van der Waals surface area contributed by atoms with Crippen LogP contribution in [0.2, 0.25) is 5.02 Å². The molecule has 13 heavy (non-hydrogen) atoms. The number of nitrogens with one attached hydrogen (secondary N) is 1. The molecule has 1 aromatic carbocycles. The molecule has 0 fully saturated rings. The number of halogens is 1. The highest BCUT2D eigenvalue weighted by Gasteiger charge is 2.11. The van der Waals surface area contributed by atoms with Crippen molar-refractivity contribution in [3.8, 4) is 0 Å². The molecule has 0 bridgehead atoms. The largest absolute Gasteiger partial charge is 0.387 e. The number of hydrogen-bond acceptors (Lipinski definition) is 1. The maximum Gasteiger partial charge on any atom is 0.0640 e. The minimum absolute atomic E-state index is 0.536. The highest BCUT2D eigenvalue weighted by Crippen LogP contribution is 2.28. The topological polar surface area (TPSA) is 12.0 Å². The van der Waals surface area contributed by atoms with Gasteiger partial charge in [-0.15, -0.1) is 0 Å². The zero-order chi connectivity index (χ0) is 10.0. The summed E-state index contributed by atoms with van der Waals surface area (Å²) < 4.78 is 0. The Morgan fingerprint density at radius 1 is 1.38 bits per heavy atom. The second kappa shape index (κ2) is 4.16. The molecule has 1 rings (SSSR count). The molecule has 72 valence electrons. The monoisotopic (exact) mass is 213 g/mol. The molecular weight excluding hydrogens is 198 g/mol. The zero-order valence-corrected chi connectivity index (χ0v) is 11.4. The van der Waals surface area contributed by atoms with E-state index in [4.69, 9.17) is 11.6 Å². The molecule has 3 heteroatoms. The lowest BCUT2D eigenvalue weighted by molar-refractivity contribution is 0.875. The van der Waals surface area contributed by atoms with Crippen molar-refractivity contribution in [1.82, 2.24) is 0 Å². The van der Waals surface area contributed by atoms with Crippen LogP contribution in [-0.4, -0.2) is 17.3 Å². The van der Waals surface area contributed by atoms with E-state index in [2.05, 4.69) is 25.2 Å². The quantitative estimate of drug-likeness (QED) is 0.735. The fourth-order valence-corrected chi connectivity index (χ4v) is 2.95. The first-order valence-corrected chi connectivity index (χ1v) is 5.92. The summed E-state index contributed by atoms with van der Waals surface area (Å²) in [6.45, 7) is 4.40. The van der Waals surface area contributed by atoms with Gasteiger partial charge in [-0.1, -0.05) is 36.7 Å². The number of anilines is 1. The van der Waals surface area contributed by atoms with Gasteiger partial charge in [0.25, 0.3) is 0 Å². The molecular formula is C10H16ClNSi. The van der Waals surface area contributed by atoms with Crippen molar-refractivity contribution in [1.29, 1.82) is 0 Å². The number of rotatable bonds is 2. The fourth-order valence-electron chi connectivity index (χ4n) is 1.70. The maximum atomic E-state index is 6.10. The van der Waals surface area contributed by atoms with Crippen molar-refractivity contribution >= 4 is 32.7 Å². The van der Waals surface area contributed by atoms with Crippen molar-refractivity contribution in [3.63, 3.8) is 0 Å². The molecule has 0 aliphatic heterocycles. The Balaban J connectivity index is 3.35. The minimum Gasteiger partial charge on any atom is -0.387 e. The lowest BCUT2D eigenvalue weighted by Crippen LogP contribution is -2.14. The van der Waals surface area contributed by atoms with Crippen LogP contribution in [0.15, 0.2) is 12.1 Å². The van der Waals surface area contributed by atoms with E-state index >= 15 is 0 Å². The second-order valence-electron chi connectivity index (χ2n) is 3.56. The third-order valence-electron chi connectivity index (χ3n) is 2.24. The first kappa shape index (κ1) is 10.6. The lowest BCUT2D eigenvalue weighted by Gasteiger charge is -2.16. The molecule has 0 radical (unpaired) electrons. The lowest BCUT2D eigenvalue weighted by atomic mass is 10.0. The van der Waals surface area contributed by atoms with Crippen molar-refractivity contribution in [2.45, 2.75) is 19.8 Å². The first-order chi connectivity index (χ1) is 6.07. The third-order valence-corrected chi connectivity index (χ3v) is 3.43. The van der Waals surface area contributed by atoms with Crippen LogP contribution >= 0.6 is 11.6 Å². The van der Waals surface area contributed by atoms with Crippen molar-refractivity contribution < 1.29 is 0 Å². The van der Waals surface area contributed by atoms with Crippen LogP contribution in [-0.2, 0) is 0 Å². The standard InChI is InChI=1S/C10H16ClNSi/c1-6(2)9-8(13)5-4-7(11)10(9)12-3/h4-6,12H,1-3,13H3. The summed E-state index contributed by atoms with van der Waals surface area (Å²) in [5.74, 6) is 0.536. The van der Waals surface area contributed by atoms with E-state index in [1.165, 1.54) is 10.8 Å². The molecule has 0 atom stereocenters. The number of hydrogen-bond donors (Lipinski definition) is 1. The average Bonchev–Trinajstić information content (AvgIpc) is 2.07. The van der Waals surface area contributed by atoms with E-state index in [1.54, 1.807) is 0 Å². The molecule has 1 aromatic rings. The summed E-state index contributed by atoms with van der Waals surface area (Å²) in [6.07, 6.45) is 0. The molecule has 0 amide bonds. The van der Waals surface area contributed by atoms with E-state index in [-0.39, 0.29) is 0 Å². The molecule has 0 aliphatic rings. The smallest absolute Gasteiger partial charge is 0.0640 e. The van der Waals surface area contributed by atoms with E-state index in [0.29, 0.717) is 5.92 Å². The van der Waals surface area contributed by atoms with Crippen molar-refractivity contribution in [2.75, 3.05) is 12.4 Å². The summed E-state index contributed by atoms with van der Waals surface area (Å²) in [7, 11) is 3.00. The van der Waals surface area contributed by atoms with Gasteiger partial charge in [0.1, 0.15) is 0 Å². The van der Waals surface area contributed by atoms with Gasteiger partial charge in [-0.2, -0.15) is 0 Å². The Bertz CT molecular complexity index is 310. The summed E-state index contributed by atoms with van der Waals surface area (Å²) in [4.78, 5) is 0. The summed E-state index contributed by atoms with van der Waals surface area (Å²) in [6, 6.07) is 4.10. The third kappa shape index (κ3) is 2.06. The van der Waals surface area contributed by atoms with Gasteiger partial charge in [0.05, 0.1) is 10.7 Å². The maximum absolute atomic E-state index is 6.10. The van der Waals surface area contributed by atoms with Crippen LogP contribution in [0.4, 0.5) is 5.69 Å². The van der Waals surface area contributed by atoms with Gasteiger partial charge >= 0.3 is 0 Å². The van der Waals surface area contributed by atoms with E-state index in [0.717, 1.165) is 21.0 Å². The van der Waals surface area contributed by atoms with Gasteiger partial charge in [-0.05, 0) is 17.5 Å². The fraction of sp³-hybridized carbons (Fsp3) is 0.400. The highest BCUT2D eigenvalue weighted by atomic mass is 35.5. The molecule has 0 unspecified atom stereocenters. The molecule has 0 aromatic heterocycles. The Labute approximate surface area is 87.9 Å². The zero-order valence-electron chi connectivity index (χ0n) is 8.61. The first-order valence-electron chi connectivity index (χ1n) is 4.54. The van der Waals surface area contributed by atoms with Gasteiger partial charge in [-0.3, -0.25) is 0 Å². The molecule has 0 saturated carbocycles.